The zero-order chi connectivity index (χ0) is 18.7. The van der Waals surface area contributed by atoms with Gasteiger partial charge in [0.05, 0.1) is 6.26 Å². The van der Waals surface area contributed by atoms with Gasteiger partial charge in [-0.3, -0.25) is 4.79 Å². The maximum Gasteiger partial charge on any atom is 0.321 e. The third kappa shape index (κ3) is 3.74. The summed E-state index contributed by atoms with van der Waals surface area (Å²) < 4.78 is 5.17. The van der Waals surface area contributed by atoms with Crippen molar-refractivity contribution < 1.29 is 14.0 Å². The standard InChI is InChI=1S/C20H25N3O3/c1-14(2)16-7-4-6-15(3)18(16)21-20(25)23-11-9-22(10-12-23)19(24)17-8-5-13-26-17/h4-8,13-14H,9-12H2,1-3H3,(H,21,25). The number of nitrogens with one attached hydrogen (secondary N) is 1. The molecule has 0 atom stereocenters. The highest BCUT2D eigenvalue weighted by Gasteiger charge is 2.26. The summed E-state index contributed by atoms with van der Waals surface area (Å²) in [6, 6.07) is 9.30. The van der Waals surface area contributed by atoms with Crippen LogP contribution in [0.3, 0.4) is 0 Å². The number of hydrogen-bond donors (Lipinski definition) is 1. The van der Waals surface area contributed by atoms with Gasteiger partial charge in [0.25, 0.3) is 5.91 Å². The molecule has 1 aliphatic heterocycles. The number of carbonyl (C=O) groups excluding carboxylic acids is 2. The van der Waals surface area contributed by atoms with E-state index in [1.54, 1.807) is 21.9 Å². The van der Waals surface area contributed by atoms with Crippen LogP contribution in [-0.4, -0.2) is 47.9 Å². The molecule has 0 saturated carbocycles. The van der Waals surface area contributed by atoms with Crippen LogP contribution in [0.15, 0.2) is 41.0 Å². The Kier molecular flexibility index (Phi) is 5.30. The van der Waals surface area contributed by atoms with Crippen LogP contribution in [0.1, 0.15) is 41.4 Å². The zero-order valence-corrected chi connectivity index (χ0v) is 15.5. The third-order valence-corrected chi connectivity index (χ3v) is 4.75. The SMILES string of the molecule is Cc1cccc(C(C)C)c1NC(=O)N1CCN(C(=O)c2ccco2)CC1. The Labute approximate surface area is 153 Å². The Bertz CT molecular complexity index is 776. The van der Waals surface area contributed by atoms with E-state index in [4.69, 9.17) is 4.42 Å². The van der Waals surface area contributed by atoms with Gasteiger partial charge in [0, 0.05) is 31.9 Å². The van der Waals surface area contributed by atoms with Crippen LogP contribution in [-0.2, 0) is 0 Å². The van der Waals surface area contributed by atoms with E-state index in [1.807, 2.05) is 25.1 Å². The van der Waals surface area contributed by atoms with Gasteiger partial charge in [-0.15, -0.1) is 0 Å². The topological polar surface area (TPSA) is 65.8 Å². The molecular weight excluding hydrogens is 330 g/mol. The maximum atomic E-state index is 12.7. The number of aryl methyl sites for hydroxylation is 1. The van der Waals surface area contributed by atoms with Gasteiger partial charge in [-0.05, 0) is 36.1 Å². The van der Waals surface area contributed by atoms with Gasteiger partial charge in [0.2, 0.25) is 0 Å². The molecule has 6 heteroatoms. The first-order valence-electron chi connectivity index (χ1n) is 8.95. The molecule has 138 valence electrons. The molecule has 2 heterocycles. The highest BCUT2D eigenvalue weighted by atomic mass is 16.3. The van der Waals surface area contributed by atoms with Gasteiger partial charge in [-0.1, -0.05) is 32.0 Å². The van der Waals surface area contributed by atoms with Crippen molar-refractivity contribution in [2.75, 3.05) is 31.5 Å². The van der Waals surface area contributed by atoms with Crippen LogP contribution >= 0.6 is 0 Å². The molecule has 1 N–H and O–H groups in total. The van der Waals surface area contributed by atoms with E-state index in [0.717, 1.165) is 16.8 Å². The number of amides is 3. The Morgan fingerprint density at radius 1 is 1.04 bits per heavy atom. The second kappa shape index (κ2) is 7.64. The molecule has 3 amide bonds. The van der Waals surface area contributed by atoms with Gasteiger partial charge >= 0.3 is 6.03 Å². The Morgan fingerprint density at radius 3 is 2.35 bits per heavy atom. The first-order chi connectivity index (χ1) is 12.5. The molecule has 1 aromatic carbocycles. The van der Waals surface area contributed by atoms with E-state index in [2.05, 4.69) is 19.2 Å². The molecule has 0 unspecified atom stereocenters. The van der Waals surface area contributed by atoms with Crippen LogP contribution in [0.25, 0.3) is 0 Å². The summed E-state index contributed by atoms with van der Waals surface area (Å²) in [5.41, 5.74) is 3.07. The number of piperazine rings is 1. The number of benzene rings is 1. The highest BCUT2D eigenvalue weighted by molar-refractivity contribution is 5.93. The van der Waals surface area contributed by atoms with Crippen molar-refractivity contribution in [1.82, 2.24) is 9.80 Å². The summed E-state index contributed by atoms with van der Waals surface area (Å²) >= 11 is 0. The largest absolute Gasteiger partial charge is 0.459 e. The summed E-state index contributed by atoms with van der Waals surface area (Å²) in [5, 5.41) is 3.07. The van der Waals surface area contributed by atoms with E-state index >= 15 is 0 Å². The second-order valence-corrected chi connectivity index (χ2v) is 6.88. The minimum atomic E-state index is -0.129. The van der Waals surface area contributed by atoms with Crippen molar-refractivity contribution in [1.29, 1.82) is 0 Å². The fourth-order valence-electron chi connectivity index (χ4n) is 3.20. The summed E-state index contributed by atoms with van der Waals surface area (Å²) in [4.78, 5) is 28.5. The molecule has 0 bridgehead atoms. The number of rotatable bonds is 3. The zero-order valence-electron chi connectivity index (χ0n) is 15.5. The minimum absolute atomic E-state index is 0.119. The average Bonchev–Trinajstić information content (AvgIpc) is 3.17. The van der Waals surface area contributed by atoms with Crippen molar-refractivity contribution in [2.24, 2.45) is 0 Å². The molecule has 0 spiro atoms. The van der Waals surface area contributed by atoms with Crippen molar-refractivity contribution in [3.05, 3.63) is 53.5 Å². The number of para-hydroxylation sites is 1. The van der Waals surface area contributed by atoms with Gasteiger partial charge < -0.3 is 19.5 Å². The van der Waals surface area contributed by atoms with Crippen molar-refractivity contribution in [3.63, 3.8) is 0 Å². The maximum absolute atomic E-state index is 12.7. The van der Waals surface area contributed by atoms with Crippen LogP contribution in [0, 0.1) is 6.92 Å². The minimum Gasteiger partial charge on any atom is -0.459 e. The van der Waals surface area contributed by atoms with Crippen LogP contribution in [0.5, 0.6) is 0 Å². The predicted octanol–water partition coefficient (Wildman–Crippen LogP) is 3.70. The average molecular weight is 355 g/mol. The van der Waals surface area contributed by atoms with Crippen LogP contribution in [0.4, 0.5) is 10.5 Å². The van der Waals surface area contributed by atoms with Crippen molar-refractivity contribution in [2.45, 2.75) is 26.7 Å². The molecule has 1 aliphatic rings. The van der Waals surface area contributed by atoms with Gasteiger partial charge in [0.1, 0.15) is 0 Å². The third-order valence-electron chi connectivity index (χ3n) is 4.75. The Hall–Kier alpha value is -2.76. The first-order valence-corrected chi connectivity index (χ1v) is 8.95. The molecule has 0 aliphatic carbocycles. The van der Waals surface area contributed by atoms with E-state index in [0.29, 0.717) is 37.9 Å². The van der Waals surface area contributed by atoms with Crippen molar-refractivity contribution >= 4 is 17.6 Å². The molecule has 1 fully saturated rings. The summed E-state index contributed by atoms with van der Waals surface area (Å²) in [6.07, 6.45) is 1.49. The number of nitrogens with zero attached hydrogens (tertiary/aromatic N) is 2. The molecule has 2 aromatic rings. The lowest BCUT2D eigenvalue weighted by Gasteiger charge is -2.34. The smallest absolute Gasteiger partial charge is 0.321 e. The number of hydrogen-bond acceptors (Lipinski definition) is 3. The van der Waals surface area contributed by atoms with Gasteiger partial charge in [0.15, 0.2) is 5.76 Å². The first kappa shape index (κ1) is 18.0. The summed E-state index contributed by atoms with van der Waals surface area (Å²) in [5.74, 6) is 0.536. The lowest BCUT2D eigenvalue weighted by molar-refractivity contribution is 0.0640. The fourth-order valence-corrected chi connectivity index (χ4v) is 3.20. The van der Waals surface area contributed by atoms with Crippen LogP contribution in [0.2, 0.25) is 0 Å². The quantitative estimate of drug-likeness (QED) is 0.913. The molecular formula is C20H25N3O3. The van der Waals surface area contributed by atoms with Gasteiger partial charge in [-0.2, -0.15) is 0 Å². The van der Waals surface area contributed by atoms with Crippen LogP contribution < -0.4 is 5.32 Å². The lowest BCUT2D eigenvalue weighted by Crippen LogP contribution is -2.51. The van der Waals surface area contributed by atoms with Gasteiger partial charge in [-0.25, -0.2) is 4.79 Å². The lowest BCUT2D eigenvalue weighted by atomic mass is 9.98. The van der Waals surface area contributed by atoms with E-state index in [-0.39, 0.29) is 11.9 Å². The van der Waals surface area contributed by atoms with E-state index < -0.39 is 0 Å². The van der Waals surface area contributed by atoms with Crippen molar-refractivity contribution in [3.8, 4) is 0 Å². The molecule has 1 aromatic heterocycles. The number of furan rings is 1. The molecule has 0 radical (unpaired) electrons. The number of carbonyl (C=O) groups is 2. The number of anilines is 1. The second-order valence-electron chi connectivity index (χ2n) is 6.88. The monoisotopic (exact) mass is 355 g/mol. The predicted molar refractivity (Wildman–Crippen MR) is 100 cm³/mol. The molecule has 6 nitrogen and oxygen atoms in total. The molecule has 3 rings (SSSR count). The Balaban J connectivity index is 1.62. The van der Waals surface area contributed by atoms with E-state index in [1.165, 1.54) is 6.26 Å². The highest BCUT2D eigenvalue weighted by Crippen LogP contribution is 2.27. The molecule has 26 heavy (non-hydrogen) atoms. The Morgan fingerprint density at radius 2 is 1.73 bits per heavy atom. The molecule has 1 saturated heterocycles. The summed E-state index contributed by atoms with van der Waals surface area (Å²) in [7, 11) is 0. The fraction of sp³-hybridized carbons (Fsp3) is 0.400. The summed E-state index contributed by atoms with van der Waals surface area (Å²) in [6.45, 7) is 8.23. The van der Waals surface area contributed by atoms with E-state index in [9.17, 15) is 9.59 Å². The number of urea groups is 1. The normalized spacial score (nSPS) is 14.6.